The van der Waals surface area contributed by atoms with E-state index in [1.54, 1.807) is 0 Å². The molecule has 0 amide bonds. The normalized spacial score (nSPS) is 13.2. The van der Waals surface area contributed by atoms with Gasteiger partial charge in [-0.1, -0.05) is 19.9 Å². The quantitative estimate of drug-likeness (QED) is 0.883. The van der Waals surface area contributed by atoms with Crippen molar-refractivity contribution in [2.45, 2.75) is 26.4 Å². The molecule has 0 bridgehead atoms. The van der Waals surface area contributed by atoms with E-state index in [0.717, 1.165) is 12.2 Å². The zero-order chi connectivity index (χ0) is 12.3. The minimum absolute atomic E-state index is 0.396. The Morgan fingerprint density at radius 2 is 2.29 bits per heavy atom. The van der Waals surface area contributed by atoms with Gasteiger partial charge in [0.2, 0.25) is 0 Å². The van der Waals surface area contributed by atoms with Gasteiger partial charge < -0.3 is 9.88 Å². The molecule has 0 spiro atoms. The topological polar surface area (TPSA) is 29.9 Å². The molecule has 2 aromatic heterocycles. The zero-order valence-corrected chi connectivity index (χ0v) is 11.4. The van der Waals surface area contributed by atoms with E-state index in [0.29, 0.717) is 12.0 Å². The Morgan fingerprint density at radius 3 is 2.88 bits per heavy atom. The smallest absolute Gasteiger partial charge is 0.0956 e. The van der Waals surface area contributed by atoms with Crippen LogP contribution in [0.1, 0.15) is 30.5 Å². The molecule has 3 nitrogen and oxygen atoms in total. The van der Waals surface area contributed by atoms with E-state index in [9.17, 15) is 0 Å². The number of nitrogens with one attached hydrogen (secondary N) is 1. The maximum Gasteiger partial charge on any atom is 0.0956 e. The van der Waals surface area contributed by atoms with Crippen LogP contribution in [0.4, 0.5) is 0 Å². The number of hydrogen-bond acceptors (Lipinski definition) is 3. The highest BCUT2D eigenvalue weighted by Gasteiger charge is 2.18. The van der Waals surface area contributed by atoms with E-state index >= 15 is 0 Å². The second-order valence-electron chi connectivity index (χ2n) is 4.55. The standard InChI is InChI=1S/C13H19N3S/c1-10(2)13(12-5-4-6-17-12)16-8-11(7-14-3)15-9-16/h4-6,8-10,13-14H,7H2,1-3H3. The average Bonchev–Trinajstić information content (AvgIpc) is 2.91. The van der Waals surface area contributed by atoms with Gasteiger partial charge in [-0.15, -0.1) is 11.3 Å². The lowest BCUT2D eigenvalue weighted by molar-refractivity contribution is 0.442. The summed E-state index contributed by atoms with van der Waals surface area (Å²) in [5.74, 6) is 0.560. The summed E-state index contributed by atoms with van der Waals surface area (Å²) in [6.07, 6.45) is 4.08. The third-order valence-electron chi connectivity index (χ3n) is 2.80. The largest absolute Gasteiger partial charge is 0.329 e. The van der Waals surface area contributed by atoms with Gasteiger partial charge in [-0.3, -0.25) is 0 Å². The molecule has 0 radical (unpaired) electrons. The molecule has 1 atom stereocenters. The third kappa shape index (κ3) is 2.76. The van der Waals surface area contributed by atoms with E-state index < -0.39 is 0 Å². The van der Waals surface area contributed by atoms with Gasteiger partial charge in [0.15, 0.2) is 0 Å². The highest BCUT2D eigenvalue weighted by molar-refractivity contribution is 7.10. The second kappa shape index (κ2) is 5.47. The summed E-state index contributed by atoms with van der Waals surface area (Å²) in [5.41, 5.74) is 1.09. The Hall–Kier alpha value is -1.13. The molecule has 0 aliphatic heterocycles. The minimum Gasteiger partial charge on any atom is -0.329 e. The molecular weight excluding hydrogens is 230 g/mol. The van der Waals surface area contributed by atoms with E-state index in [1.165, 1.54) is 4.88 Å². The fraction of sp³-hybridized carbons (Fsp3) is 0.462. The van der Waals surface area contributed by atoms with Crippen molar-refractivity contribution < 1.29 is 0 Å². The molecule has 0 fully saturated rings. The first-order valence-corrected chi connectivity index (χ1v) is 6.80. The first-order chi connectivity index (χ1) is 8.22. The summed E-state index contributed by atoms with van der Waals surface area (Å²) < 4.78 is 2.23. The van der Waals surface area contributed by atoms with Crippen LogP contribution in [-0.4, -0.2) is 16.6 Å². The van der Waals surface area contributed by atoms with Gasteiger partial charge in [0.05, 0.1) is 18.1 Å². The van der Waals surface area contributed by atoms with Gasteiger partial charge in [0.1, 0.15) is 0 Å². The van der Waals surface area contributed by atoms with Crippen molar-refractivity contribution in [2.24, 2.45) is 5.92 Å². The number of aromatic nitrogens is 2. The number of rotatable bonds is 5. The highest BCUT2D eigenvalue weighted by atomic mass is 32.1. The molecular formula is C13H19N3S. The maximum atomic E-state index is 4.42. The Balaban J connectivity index is 2.26. The van der Waals surface area contributed by atoms with Crippen molar-refractivity contribution >= 4 is 11.3 Å². The molecule has 2 rings (SSSR count). The summed E-state index contributed by atoms with van der Waals surface area (Å²) in [7, 11) is 1.94. The summed E-state index contributed by atoms with van der Waals surface area (Å²) in [4.78, 5) is 5.82. The first-order valence-electron chi connectivity index (χ1n) is 5.92. The van der Waals surface area contributed by atoms with Crippen molar-refractivity contribution in [1.82, 2.24) is 14.9 Å². The van der Waals surface area contributed by atoms with Crippen molar-refractivity contribution in [2.75, 3.05) is 7.05 Å². The molecule has 4 heteroatoms. The average molecular weight is 249 g/mol. The SMILES string of the molecule is CNCc1cn(C(c2cccs2)C(C)C)cn1. The van der Waals surface area contributed by atoms with Crippen LogP contribution in [0.5, 0.6) is 0 Å². The lowest BCUT2D eigenvalue weighted by atomic mass is 10.0. The minimum atomic E-state index is 0.396. The lowest BCUT2D eigenvalue weighted by Crippen LogP contribution is -2.14. The van der Waals surface area contributed by atoms with Gasteiger partial charge >= 0.3 is 0 Å². The highest BCUT2D eigenvalue weighted by Crippen LogP contribution is 2.29. The van der Waals surface area contributed by atoms with Gasteiger partial charge in [0, 0.05) is 17.6 Å². The molecule has 1 N–H and O–H groups in total. The third-order valence-corrected chi connectivity index (χ3v) is 3.74. The monoisotopic (exact) mass is 249 g/mol. The maximum absolute atomic E-state index is 4.42. The number of imidazole rings is 1. The summed E-state index contributed by atoms with van der Waals surface area (Å²) >= 11 is 1.81. The van der Waals surface area contributed by atoms with Crippen LogP contribution in [0.2, 0.25) is 0 Å². The van der Waals surface area contributed by atoms with Crippen molar-refractivity contribution in [3.8, 4) is 0 Å². The number of nitrogens with zero attached hydrogens (tertiary/aromatic N) is 2. The number of thiophene rings is 1. The Kier molecular flexibility index (Phi) is 3.97. The predicted molar refractivity (Wildman–Crippen MR) is 72.3 cm³/mol. The van der Waals surface area contributed by atoms with Crippen LogP contribution in [0.25, 0.3) is 0 Å². The summed E-state index contributed by atoms with van der Waals surface area (Å²) in [6.45, 7) is 5.33. The Labute approximate surface area is 107 Å². The van der Waals surface area contributed by atoms with E-state index in [-0.39, 0.29) is 0 Å². The van der Waals surface area contributed by atoms with E-state index in [1.807, 2.05) is 24.7 Å². The fourth-order valence-electron chi connectivity index (χ4n) is 2.08. The van der Waals surface area contributed by atoms with E-state index in [2.05, 4.69) is 52.4 Å². The predicted octanol–water partition coefficient (Wildman–Crippen LogP) is 2.91. The molecule has 0 saturated carbocycles. The first kappa shape index (κ1) is 12.3. The van der Waals surface area contributed by atoms with Gasteiger partial charge in [-0.2, -0.15) is 0 Å². The van der Waals surface area contributed by atoms with Gasteiger partial charge in [0.25, 0.3) is 0 Å². The molecule has 0 aromatic carbocycles. The van der Waals surface area contributed by atoms with Crippen LogP contribution < -0.4 is 5.32 Å². The van der Waals surface area contributed by atoms with Crippen molar-refractivity contribution in [3.63, 3.8) is 0 Å². The van der Waals surface area contributed by atoms with Crippen LogP contribution in [-0.2, 0) is 6.54 Å². The molecule has 17 heavy (non-hydrogen) atoms. The summed E-state index contributed by atoms with van der Waals surface area (Å²) in [6, 6.07) is 4.71. The van der Waals surface area contributed by atoms with Gasteiger partial charge in [-0.25, -0.2) is 4.98 Å². The van der Waals surface area contributed by atoms with Crippen molar-refractivity contribution in [3.05, 3.63) is 40.6 Å². The molecule has 0 aliphatic rings. The molecule has 0 aliphatic carbocycles. The van der Waals surface area contributed by atoms with Crippen LogP contribution in [0, 0.1) is 5.92 Å². The van der Waals surface area contributed by atoms with Crippen LogP contribution in [0.3, 0.4) is 0 Å². The summed E-state index contributed by atoms with van der Waals surface area (Å²) in [5, 5.41) is 5.26. The van der Waals surface area contributed by atoms with Crippen LogP contribution in [0.15, 0.2) is 30.0 Å². The molecule has 0 saturated heterocycles. The Morgan fingerprint density at radius 1 is 1.47 bits per heavy atom. The van der Waals surface area contributed by atoms with E-state index in [4.69, 9.17) is 0 Å². The Bertz CT molecular complexity index is 445. The van der Waals surface area contributed by atoms with Gasteiger partial charge in [-0.05, 0) is 24.4 Å². The van der Waals surface area contributed by atoms with Crippen LogP contribution >= 0.6 is 11.3 Å². The molecule has 92 valence electrons. The van der Waals surface area contributed by atoms with Crippen molar-refractivity contribution in [1.29, 1.82) is 0 Å². The second-order valence-corrected chi connectivity index (χ2v) is 5.53. The number of hydrogen-bond donors (Lipinski definition) is 1. The fourth-order valence-corrected chi connectivity index (χ4v) is 3.09. The lowest BCUT2D eigenvalue weighted by Gasteiger charge is -2.20. The zero-order valence-electron chi connectivity index (χ0n) is 10.6. The molecule has 2 heterocycles. The molecule has 2 aromatic rings. The molecule has 1 unspecified atom stereocenters.